The lowest BCUT2D eigenvalue weighted by Crippen LogP contribution is -2.38. The SMILES string of the molecule is CCNc1ncc(C(=O)N2CCC(c3nccn3CC3CCC3)CC2)cn1. The number of anilines is 1. The van der Waals surface area contributed by atoms with E-state index < -0.39 is 0 Å². The molecule has 2 aliphatic rings. The van der Waals surface area contributed by atoms with Crippen molar-refractivity contribution in [1.29, 1.82) is 0 Å². The minimum Gasteiger partial charge on any atom is -0.355 e. The third kappa shape index (κ3) is 3.96. The summed E-state index contributed by atoms with van der Waals surface area (Å²) in [6.07, 6.45) is 13.3. The molecule has 1 saturated carbocycles. The van der Waals surface area contributed by atoms with Crippen LogP contribution in [0.3, 0.4) is 0 Å². The maximum absolute atomic E-state index is 12.7. The second-order valence-electron chi connectivity index (χ2n) is 7.63. The molecule has 3 heterocycles. The van der Waals surface area contributed by atoms with Crippen molar-refractivity contribution in [3.63, 3.8) is 0 Å². The Balaban J connectivity index is 1.34. The Morgan fingerprint density at radius 2 is 1.89 bits per heavy atom. The van der Waals surface area contributed by atoms with Gasteiger partial charge in [0.1, 0.15) is 5.82 Å². The van der Waals surface area contributed by atoms with Gasteiger partial charge in [-0.3, -0.25) is 4.79 Å². The van der Waals surface area contributed by atoms with Gasteiger partial charge in [0.15, 0.2) is 0 Å². The van der Waals surface area contributed by atoms with E-state index in [9.17, 15) is 4.79 Å². The minimum absolute atomic E-state index is 0.0225. The van der Waals surface area contributed by atoms with E-state index in [1.807, 2.05) is 18.0 Å². The van der Waals surface area contributed by atoms with Crippen molar-refractivity contribution >= 4 is 11.9 Å². The molecule has 1 amide bonds. The number of carbonyl (C=O) groups excluding carboxylic acids is 1. The van der Waals surface area contributed by atoms with E-state index in [1.54, 1.807) is 12.4 Å². The molecule has 7 heteroatoms. The molecular formula is C20H28N6O. The molecule has 2 aromatic heterocycles. The van der Waals surface area contributed by atoms with Crippen LogP contribution < -0.4 is 5.32 Å². The zero-order valence-corrected chi connectivity index (χ0v) is 16.0. The topological polar surface area (TPSA) is 75.9 Å². The molecule has 27 heavy (non-hydrogen) atoms. The number of aromatic nitrogens is 4. The molecule has 2 fully saturated rings. The lowest BCUT2D eigenvalue weighted by Gasteiger charge is -2.33. The Kier molecular flexibility index (Phi) is 5.36. The molecule has 4 rings (SSSR count). The van der Waals surface area contributed by atoms with Crippen molar-refractivity contribution in [2.45, 2.75) is 51.5 Å². The number of imidazole rings is 1. The maximum Gasteiger partial charge on any atom is 0.256 e. The third-order valence-corrected chi connectivity index (χ3v) is 5.81. The van der Waals surface area contributed by atoms with Gasteiger partial charge in [0.25, 0.3) is 5.91 Å². The third-order valence-electron chi connectivity index (χ3n) is 5.81. The first-order valence-corrected chi connectivity index (χ1v) is 10.1. The van der Waals surface area contributed by atoms with Gasteiger partial charge in [-0.25, -0.2) is 15.0 Å². The van der Waals surface area contributed by atoms with E-state index in [0.29, 0.717) is 17.4 Å². The minimum atomic E-state index is 0.0225. The fourth-order valence-electron chi connectivity index (χ4n) is 4.00. The fourth-order valence-corrected chi connectivity index (χ4v) is 4.00. The Morgan fingerprint density at radius 1 is 1.15 bits per heavy atom. The van der Waals surface area contributed by atoms with Crippen LogP contribution in [0.2, 0.25) is 0 Å². The average molecular weight is 368 g/mol. The number of amides is 1. The summed E-state index contributed by atoms with van der Waals surface area (Å²) in [6.45, 7) is 5.37. The van der Waals surface area contributed by atoms with Crippen LogP contribution >= 0.6 is 0 Å². The van der Waals surface area contributed by atoms with Crippen LogP contribution in [0.25, 0.3) is 0 Å². The standard InChI is InChI=1S/C20H28N6O/c1-2-21-20-23-12-17(13-24-20)19(27)25-9-6-16(7-10-25)18-22-8-11-26(18)14-15-4-3-5-15/h8,11-13,15-16H,2-7,9-10,14H2,1H3,(H,21,23,24). The molecule has 0 spiro atoms. The van der Waals surface area contributed by atoms with E-state index >= 15 is 0 Å². The molecule has 1 saturated heterocycles. The lowest BCUT2D eigenvalue weighted by atomic mass is 9.85. The molecule has 2 aromatic rings. The number of carbonyl (C=O) groups is 1. The number of nitrogens with zero attached hydrogens (tertiary/aromatic N) is 5. The van der Waals surface area contributed by atoms with Gasteiger partial charge in [-0.1, -0.05) is 6.42 Å². The second kappa shape index (κ2) is 8.06. The van der Waals surface area contributed by atoms with Crippen LogP contribution in [-0.2, 0) is 6.54 Å². The number of rotatable bonds is 6. The van der Waals surface area contributed by atoms with Crippen molar-refractivity contribution in [1.82, 2.24) is 24.4 Å². The second-order valence-corrected chi connectivity index (χ2v) is 7.63. The van der Waals surface area contributed by atoms with Crippen LogP contribution in [-0.4, -0.2) is 50.0 Å². The fraction of sp³-hybridized carbons (Fsp3) is 0.600. The molecule has 0 aromatic carbocycles. The van der Waals surface area contributed by atoms with Crippen LogP contribution in [0, 0.1) is 5.92 Å². The Bertz CT molecular complexity index is 759. The zero-order valence-electron chi connectivity index (χ0n) is 16.0. The summed E-state index contributed by atoms with van der Waals surface area (Å²) in [7, 11) is 0. The number of nitrogens with one attached hydrogen (secondary N) is 1. The molecule has 144 valence electrons. The van der Waals surface area contributed by atoms with E-state index in [2.05, 4.69) is 31.0 Å². The predicted octanol–water partition coefficient (Wildman–Crippen LogP) is 2.92. The Labute approximate surface area is 160 Å². The summed E-state index contributed by atoms with van der Waals surface area (Å²) < 4.78 is 2.35. The molecule has 0 bridgehead atoms. The highest BCUT2D eigenvalue weighted by atomic mass is 16.2. The smallest absolute Gasteiger partial charge is 0.256 e. The zero-order chi connectivity index (χ0) is 18.6. The van der Waals surface area contributed by atoms with Gasteiger partial charge >= 0.3 is 0 Å². The quantitative estimate of drug-likeness (QED) is 0.848. The summed E-state index contributed by atoms with van der Waals surface area (Å²) in [4.78, 5) is 27.7. The van der Waals surface area contributed by atoms with Gasteiger partial charge in [0, 0.05) is 56.9 Å². The summed E-state index contributed by atoms with van der Waals surface area (Å²) in [6, 6.07) is 0. The number of likely N-dealkylation sites (tertiary alicyclic amines) is 1. The van der Waals surface area contributed by atoms with Gasteiger partial charge in [-0.05, 0) is 38.5 Å². The first-order valence-electron chi connectivity index (χ1n) is 10.1. The highest BCUT2D eigenvalue weighted by Crippen LogP contribution is 2.31. The molecule has 0 atom stereocenters. The van der Waals surface area contributed by atoms with Crippen LogP contribution in [0.4, 0.5) is 5.95 Å². The highest BCUT2D eigenvalue weighted by molar-refractivity contribution is 5.93. The molecule has 0 radical (unpaired) electrons. The average Bonchev–Trinajstić information content (AvgIpc) is 3.13. The number of piperidine rings is 1. The Morgan fingerprint density at radius 3 is 2.52 bits per heavy atom. The Hall–Kier alpha value is -2.44. The normalized spacial score (nSPS) is 18.3. The van der Waals surface area contributed by atoms with Gasteiger partial charge < -0.3 is 14.8 Å². The molecule has 0 unspecified atom stereocenters. The van der Waals surface area contributed by atoms with E-state index in [1.165, 1.54) is 25.1 Å². The van der Waals surface area contributed by atoms with Gasteiger partial charge in [0.05, 0.1) is 5.56 Å². The van der Waals surface area contributed by atoms with Crippen molar-refractivity contribution < 1.29 is 4.79 Å². The van der Waals surface area contributed by atoms with Gasteiger partial charge in [-0.15, -0.1) is 0 Å². The van der Waals surface area contributed by atoms with Gasteiger partial charge in [0.2, 0.25) is 5.95 Å². The first kappa shape index (κ1) is 17.9. The highest BCUT2D eigenvalue weighted by Gasteiger charge is 2.28. The molecule has 1 N–H and O–H groups in total. The van der Waals surface area contributed by atoms with Crippen LogP contribution in [0.1, 0.15) is 61.1 Å². The summed E-state index contributed by atoms with van der Waals surface area (Å²) >= 11 is 0. The molecule has 1 aliphatic heterocycles. The van der Waals surface area contributed by atoms with Crippen molar-refractivity contribution in [2.24, 2.45) is 5.92 Å². The predicted molar refractivity (Wildman–Crippen MR) is 104 cm³/mol. The molecule has 1 aliphatic carbocycles. The maximum atomic E-state index is 12.7. The van der Waals surface area contributed by atoms with Gasteiger partial charge in [-0.2, -0.15) is 0 Å². The van der Waals surface area contributed by atoms with Crippen molar-refractivity contribution in [2.75, 3.05) is 25.0 Å². The summed E-state index contributed by atoms with van der Waals surface area (Å²) in [5, 5.41) is 3.05. The van der Waals surface area contributed by atoms with Crippen LogP contribution in [0.15, 0.2) is 24.8 Å². The summed E-state index contributed by atoms with van der Waals surface area (Å²) in [5.74, 6) is 3.05. The van der Waals surface area contributed by atoms with E-state index in [0.717, 1.165) is 44.9 Å². The lowest BCUT2D eigenvalue weighted by molar-refractivity contribution is 0.0709. The monoisotopic (exact) mass is 368 g/mol. The molecule has 7 nitrogen and oxygen atoms in total. The van der Waals surface area contributed by atoms with Crippen LogP contribution in [0.5, 0.6) is 0 Å². The van der Waals surface area contributed by atoms with Crippen molar-refractivity contribution in [3.8, 4) is 0 Å². The number of hydrogen-bond acceptors (Lipinski definition) is 5. The van der Waals surface area contributed by atoms with E-state index in [-0.39, 0.29) is 5.91 Å². The summed E-state index contributed by atoms with van der Waals surface area (Å²) in [5.41, 5.74) is 0.557. The largest absolute Gasteiger partial charge is 0.355 e. The van der Waals surface area contributed by atoms with Crippen molar-refractivity contribution in [3.05, 3.63) is 36.2 Å². The molecular weight excluding hydrogens is 340 g/mol. The number of hydrogen-bond donors (Lipinski definition) is 1. The first-order chi connectivity index (χ1) is 13.2. The van der Waals surface area contributed by atoms with E-state index in [4.69, 9.17) is 0 Å².